The smallest absolute Gasteiger partial charge is 0.267 e. The van der Waals surface area contributed by atoms with Gasteiger partial charge in [-0.1, -0.05) is 12.1 Å². The van der Waals surface area contributed by atoms with Crippen LogP contribution in [0.4, 0.5) is 4.39 Å². The molecule has 0 atom stereocenters. The first-order valence-electron chi connectivity index (χ1n) is 9.13. The van der Waals surface area contributed by atoms with Gasteiger partial charge in [0.15, 0.2) is 0 Å². The van der Waals surface area contributed by atoms with E-state index in [2.05, 4.69) is 15.6 Å². The van der Waals surface area contributed by atoms with E-state index in [4.69, 9.17) is 0 Å². The SMILES string of the molecule is CNS(=O)(=O)c1cc(C(=O)NNC(=O)c2ccc(-c3ccc(F)cc3)s2)cc(C)c1C. The third-order valence-corrected chi connectivity index (χ3v) is 7.36. The zero-order chi connectivity index (χ0) is 22.8. The monoisotopic (exact) mass is 461 g/mol. The second-order valence-corrected chi connectivity index (χ2v) is 9.64. The number of carbonyl (C=O) groups is 2. The zero-order valence-electron chi connectivity index (χ0n) is 16.9. The molecule has 0 aliphatic carbocycles. The molecule has 0 aliphatic heterocycles. The summed E-state index contributed by atoms with van der Waals surface area (Å²) in [6, 6.07) is 12.0. The number of halogens is 1. The third kappa shape index (κ3) is 4.98. The summed E-state index contributed by atoms with van der Waals surface area (Å²) in [7, 11) is -2.46. The molecular weight excluding hydrogens is 441 g/mol. The normalized spacial score (nSPS) is 11.2. The molecule has 1 aromatic heterocycles. The van der Waals surface area contributed by atoms with Gasteiger partial charge in [0.05, 0.1) is 9.77 Å². The van der Waals surface area contributed by atoms with Crippen molar-refractivity contribution in [2.75, 3.05) is 7.05 Å². The van der Waals surface area contributed by atoms with Crippen LogP contribution in [0, 0.1) is 19.7 Å². The Morgan fingerprint density at radius 1 is 0.935 bits per heavy atom. The maximum Gasteiger partial charge on any atom is 0.279 e. The van der Waals surface area contributed by atoms with Crippen molar-refractivity contribution in [1.82, 2.24) is 15.6 Å². The molecule has 0 fully saturated rings. The highest BCUT2D eigenvalue weighted by atomic mass is 32.2. The fourth-order valence-electron chi connectivity index (χ4n) is 2.82. The van der Waals surface area contributed by atoms with E-state index >= 15 is 0 Å². The molecule has 0 radical (unpaired) electrons. The third-order valence-electron chi connectivity index (χ3n) is 4.69. The minimum absolute atomic E-state index is 0.00586. The Hall–Kier alpha value is -3.08. The van der Waals surface area contributed by atoms with Crippen LogP contribution in [0.2, 0.25) is 0 Å². The molecule has 0 saturated heterocycles. The zero-order valence-corrected chi connectivity index (χ0v) is 18.6. The van der Waals surface area contributed by atoms with Gasteiger partial charge in [0.25, 0.3) is 11.8 Å². The predicted molar refractivity (Wildman–Crippen MR) is 117 cm³/mol. The average molecular weight is 462 g/mol. The summed E-state index contributed by atoms with van der Waals surface area (Å²) in [5.41, 5.74) is 6.63. The van der Waals surface area contributed by atoms with Crippen molar-refractivity contribution in [3.8, 4) is 10.4 Å². The van der Waals surface area contributed by atoms with Gasteiger partial charge in [-0.05, 0) is 74.0 Å². The Labute approximate surface area is 183 Å². The summed E-state index contributed by atoms with van der Waals surface area (Å²) >= 11 is 1.19. The van der Waals surface area contributed by atoms with Crippen LogP contribution in [0.5, 0.6) is 0 Å². The first kappa shape index (κ1) is 22.6. The quantitative estimate of drug-likeness (QED) is 0.508. The summed E-state index contributed by atoms with van der Waals surface area (Å²) in [5.74, 6) is -1.53. The number of nitrogens with one attached hydrogen (secondary N) is 3. The van der Waals surface area contributed by atoms with Crippen LogP contribution < -0.4 is 15.6 Å². The lowest BCUT2D eigenvalue weighted by Crippen LogP contribution is -2.41. The molecular formula is C21H20FN3O4S2. The lowest BCUT2D eigenvalue weighted by Gasteiger charge is -2.12. The summed E-state index contributed by atoms with van der Waals surface area (Å²) in [6.07, 6.45) is 0. The second kappa shape index (κ2) is 8.96. The summed E-state index contributed by atoms with van der Waals surface area (Å²) in [5, 5.41) is 0. The summed E-state index contributed by atoms with van der Waals surface area (Å²) in [6.45, 7) is 3.35. The number of rotatable bonds is 5. The molecule has 2 aromatic carbocycles. The van der Waals surface area contributed by atoms with Crippen LogP contribution in [0.15, 0.2) is 53.4 Å². The van der Waals surface area contributed by atoms with Crippen LogP contribution in [0.1, 0.15) is 31.2 Å². The molecule has 3 rings (SSSR count). The largest absolute Gasteiger partial charge is 0.279 e. The number of hydrogen-bond donors (Lipinski definition) is 3. The molecule has 0 bridgehead atoms. The lowest BCUT2D eigenvalue weighted by molar-refractivity contribution is 0.0848. The summed E-state index contributed by atoms with van der Waals surface area (Å²) < 4.78 is 39.7. The molecule has 1 heterocycles. The van der Waals surface area contributed by atoms with Crippen molar-refractivity contribution in [2.45, 2.75) is 18.7 Å². The van der Waals surface area contributed by atoms with Crippen LogP contribution in [-0.2, 0) is 10.0 Å². The summed E-state index contributed by atoms with van der Waals surface area (Å²) in [4.78, 5) is 26.0. The number of amides is 2. The van der Waals surface area contributed by atoms with Gasteiger partial charge >= 0.3 is 0 Å². The highest BCUT2D eigenvalue weighted by Crippen LogP contribution is 2.28. The Morgan fingerprint density at radius 3 is 2.23 bits per heavy atom. The number of aryl methyl sites for hydroxylation is 1. The van der Waals surface area contributed by atoms with Crippen molar-refractivity contribution in [1.29, 1.82) is 0 Å². The molecule has 0 saturated carbocycles. The van der Waals surface area contributed by atoms with Crippen LogP contribution in [-0.4, -0.2) is 27.3 Å². The van der Waals surface area contributed by atoms with Gasteiger partial charge in [-0.15, -0.1) is 11.3 Å². The molecule has 2 amide bonds. The van der Waals surface area contributed by atoms with Crippen molar-refractivity contribution in [3.63, 3.8) is 0 Å². The van der Waals surface area contributed by atoms with Gasteiger partial charge in [0.2, 0.25) is 10.0 Å². The maximum atomic E-state index is 13.1. The fourth-order valence-corrected chi connectivity index (χ4v) is 4.80. The molecule has 0 spiro atoms. The van der Waals surface area contributed by atoms with Gasteiger partial charge in [0.1, 0.15) is 5.82 Å². The predicted octanol–water partition coefficient (Wildman–Crippen LogP) is 3.15. The van der Waals surface area contributed by atoms with E-state index in [0.717, 1.165) is 10.4 Å². The van der Waals surface area contributed by atoms with E-state index in [1.165, 1.54) is 36.6 Å². The van der Waals surface area contributed by atoms with E-state index in [0.29, 0.717) is 16.0 Å². The number of hydrogen-bond acceptors (Lipinski definition) is 5. The molecule has 3 N–H and O–H groups in total. The van der Waals surface area contributed by atoms with Crippen LogP contribution in [0.3, 0.4) is 0 Å². The molecule has 162 valence electrons. The lowest BCUT2D eigenvalue weighted by atomic mass is 10.1. The second-order valence-electron chi connectivity index (χ2n) is 6.70. The molecule has 0 unspecified atom stereocenters. The van der Waals surface area contributed by atoms with Crippen molar-refractivity contribution >= 4 is 33.2 Å². The van der Waals surface area contributed by atoms with E-state index in [1.807, 2.05) is 0 Å². The fraction of sp³-hybridized carbons (Fsp3) is 0.143. The maximum absolute atomic E-state index is 13.1. The van der Waals surface area contributed by atoms with Gasteiger partial charge in [-0.3, -0.25) is 20.4 Å². The van der Waals surface area contributed by atoms with Gasteiger partial charge in [-0.25, -0.2) is 17.5 Å². The number of carbonyl (C=O) groups excluding carboxylic acids is 2. The first-order valence-corrected chi connectivity index (χ1v) is 11.4. The number of sulfonamides is 1. The highest BCUT2D eigenvalue weighted by Gasteiger charge is 2.20. The number of hydrazine groups is 1. The highest BCUT2D eigenvalue weighted by molar-refractivity contribution is 7.89. The molecule has 10 heteroatoms. The van der Waals surface area contributed by atoms with Gasteiger partial charge in [-0.2, -0.15) is 0 Å². The standard InChI is InChI=1S/C21H20FN3O4S2/c1-12-10-15(11-19(13(12)2)31(28,29)23-3)20(26)24-25-21(27)18-9-8-17(30-18)14-4-6-16(22)7-5-14/h4-11,23H,1-3H3,(H,24,26)(H,25,27). The van der Waals surface area contributed by atoms with Gasteiger partial charge in [0, 0.05) is 10.4 Å². The van der Waals surface area contributed by atoms with E-state index < -0.39 is 21.8 Å². The van der Waals surface area contributed by atoms with Crippen molar-refractivity contribution in [2.24, 2.45) is 0 Å². The Balaban J connectivity index is 1.73. The van der Waals surface area contributed by atoms with Gasteiger partial charge < -0.3 is 0 Å². The Kier molecular flexibility index (Phi) is 6.54. The minimum atomic E-state index is -3.75. The van der Waals surface area contributed by atoms with E-state index in [1.54, 1.807) is 44.2 Å². The van der Waals surface area contributed by atoms with Crippen LogP contribution >= 0.6 is 11.3 Å². The molecule has 7 nitrogen and oxygen atoms in total. The minimum Gasteiger partial charge on any atom is -0.267 e. The van der Waals surface area contributed by atoms with E-state index in [9.17, 15) is 22.4 Å². The average Bonchev–Trinajstić information content (AvgIpc) is 3.24. The Bertz CT molecular complexity index is 1250. The number of benzene rings is 2. The Morgan fingerprint density at radius 2 is 1.58 bits per heavy atom. The van der Waals surface area contributed by atoms with Crippen LogP contribution in [0.25, 0.3) is 10.4 Å². The topological polar surface area (TPSA) is 104 Å². The van der Waals surface area contributed by atoms with E-state index in [-0.39, 0.29) is 16.3 Å². The molecule has 31 heavy (non-hydrogen) atoms. The van der Waals surface area contributed by atoms with Crippen molar-refractivity contribution in [3.05, 3.63) is 75.9 Å². The first-order chi connectivity index (χ1) is 14.6. The molecule has 0 aliphatic rings. The molecule has 3 aromatic rings. The van der Waals surface area contributed by atoms with Crippen molar-refractivity contribution < 1.29 is 22.4 Å². The number of thiophene rings is 1.